The van der Waals surface area contributed by atoms with Crippen molar-refractivity contribution in [1.29, 1.82) is 0 Å². The molecule has 0 spiro atoms. The third-order valence-electron chi connectivity index (χ3n) is 3.84. The number of sulfone groups is 1. The third-order valence-corrected chi connectivity index (χ3v) is 5.61. The molecule has 0 unspecified atom stereocenters. The number of hydrogen-bond acceptors (Lipinski definition) is 4. The highest BCUT2D eigenvalue weighted by molar-refractivity contribution is 7.91. The van der Waals surface area contributed by atoms with E-state index in [2.05, 4.69) is 25.2 Å². The SMILES string of the molecule is CC[C@@H](N[C@@H]1CCS(=O)(=O)C1)c1cc(C)ccc1OC. The number of methoxy groups -OCH3 is 1. The average molecular weight is 297 g/mol. The summed E-state index contributed by atoms with van der Waals surface area (Å²) in [6, 6.07) is 6.29. The molecule has 1 aromatic carbocycles. The largest absolute Gasteiger partial charge is 0.496 e. The Labute approximate surface area is 121 Å². The summed E-state index contributed by atoms with van der Waals surface area (Å²) in [5, 5.41) is 3.48. The van der Waals surface area contributed by atoms with Crippen molar-refractivity contribution in [3.05, 3.63) is 29.3 Å². The third kappa shape index (κ3) is 3.52. The van der Waals surface area contributed by atoms with E-state index in [-0.39, 0.29) is 17.8 Å². The summed E-state index contributed by atoms with van der Waals surface area (Å²) in [5.74, 6) is 1.40. The molecule has 1 aliphatic rings. The Balaban J connectivity index is 2.18. The van der Waals surface area contributed by atoms with Crippen LogP contribution in [0.2, 0.25) is 0 Å². The lowest BCUT2D eigenvalue weighted by molar-refractivity contribution is 0.387. The lowest BCUT2D eigenvalue weighted by atomic mass is 10.00. The molecule has 0 amide bonds. The van der Waals surface area contributed by atoms with Crippen molar-refractivity contribution < 1.29 is 13.2 Å². The maximum absolute atomic E-state index is 11.6. The number of rotatable bonds is 5. The molecular weight excluding hydrogens is 274 g/mol. The van der Waals surface area contributed by atoms with Crippen LogP contribution in [0.3, 0.4) is 0 Å². The molecule has 5 heteroatoms. The van der Waals surface area contributed by atoms with E-state index >= 15 is 0 Å². The van der Waals surface area contributed by atoms with E-state index in [4.69, 9.17) is 4.74 Å². The molecule has 20 heavy (non-hydrogen) atoms. The first kappa shape index (κ1) is 15.3. The van der Waals surface area contributed by atoms with Gasteiger partial charge in [-0.25, -0.2) is 8.42 Å². The van der Waals surface area contributed by atoms with Crippen LogP contribution in [0.1, 0.15) is 36.9 Å². The first-order chi connectivity index (χ1) is 9.45. The van der Waals surface area contributed by atoms with Gasteiger partial charge in [-0.1, -0.05) is 24.6 Å². The highest BCUT2D eigenvalue weighted by Crippen LogP contribution is 2.29. The fourth-order valence-electron chi connectivity index (χ4n) is 2.76. The summed E-state index contributed by atoms with van der Waals surface area (Å²) >= 11 is 0. The summed E-state index contributed by atoms with van der Waals surface area (Å²) in [7, 11) is -1.18. The second-order valence-electron chi connectivity index (χ2n) is 5.47. The van der Waals surface area contributed by atoms with Gasteiger partial charge in [0.15, 0.2) is 9.84 Å². The minimum absolute atomic E-state index is 0.0511. The number of aryl methyl sites for hydroxylation is 1. The molecule has 0 aromatic heterocycles. The lowest BCUT2D eigenvalue weighted by Crippen LogP contribution is -2.33. The van der Waals surface area contributed by atoms with Crippen molar-refractivity contribution >= 4 is 9.84 Å². The number of ether oxygens (including phenoxy) is 1. The van der Waals surface area contributed by atoms with Crippen LogP contribution >= 0.6 is 0 Å². The smallest absolute Gasteiger partial charge is 0.151 e. The van der Waals surface area contributed by atoms with Gasteiger partial charge < -0.3 is 10.1 Å². The van der Waals surface area contributed by atoms with Gasteiger partial charge in [-0.3, -0.25) is 0 Å². The molecule has 1 saturated heterocycles. The molecular formula is C15H23NO3S. The molecule has 1 N–H and O–H groups in total. The molecule has 0 aliphatic carbocycles. The van der Waals surface area contributed by atoms with Gasteiger partial charge in [0.05, 0.1) is 18.6 Å². The maximum Gasteiger partial charge on any atom is 0.151 e. The molecule has 1 heterocycles. The molecule has 1 fully saturated rings. The summed E-state index contributed by atoms with van der Waals surface area (Å²) in [5.41, 5.74) is 2.29. The quantitative estimate of drug-likeness (QED) is 0.905. The van der Waals surface area contributed by atoms with E-state index in [1.807, 2.05) is 12.1 Å². The van der Waals surface area contributed by atoms with Crippen LogP contribution in [0.4, 0.5) is 0 Å². The Hall–Kier alpha value is -1.07. The molecule has 112 valence electrons. The van der Waals surface area contributed by atoms with Crippen LogP contribution in [-0.2, 0) is 9.84 Å². The minimum Gasteiger partial charge on any atom is -0.496 e. The zero-order chi connectivity index (χ0) is 14.8. The van der Waals surface area contributed by atoms with Gasteiger partial charge in [0.2, 0.25) is 0 Å². The highest BCUT2D eigenvalue weighted by Gasteiger charge is 2.29. The van der Waals surface area contributed by atoms with E-state index in [9.17, 15) is 8.42 Å². The van der Waals surface area contributed by atoms with Gasteiger partial charge in [-0.05, 0) is 25.8 Å². The van der Waals surface area contributed by atoms with Crippen molar-refractivity contribution in [3.63, 3.8) is 0 Å². The van der Waals surface area contributed by atoms with Crippen molar-refractivity contribution in [2.24, 2.45) is 0 Å². The average Bonchev–Trinajstić information content (AvgIpc) is 2.75. The Kier molecular flexibility index (Phi) is 4.70. The zero-order valence-corrected chi connectivity index (χ0v) is 13.2. The van der Waals surface area contributed by atoms with E-state index in [1.165, 1.54) is 5.56 Å². The van der Waals surface area contributed by atoms with E-state index in [0.717, 1.165) is 17.7 Å². The minimum atomic E-state index is -2.85. The van der Waals surface area contributed by atoms with Crippen molar-refractivity contribution in [1.82, 2.24) is 5.32 Å². The number of hydrogen-bond donors (Lipinski definition) is 1. The second kappa shape index (κ2) is 6.14. The summed E-state index contributed by atoms with van der Waals surface area (Å²) in [6.45, 7) is 4.15. The van der Waals surface area contributed by atoms with Gasteiger partial charge in [-0.2, -0.15) is 0 Å². The van der Waals surface area contributed by atoms with Crippen LogP contribution in [0.25, 0.3) is 0 Å². The molecule has 1 aromatic rings. The van der Waals surface area contributed by atoms with Crippen molar-refractivity contribution in [2.45, 2.75) is 38.8 Å². The maximum atomic E-state index is 11.6. The summed E-state index contributed by atoms with van der Waals surface area (Å²) in [4.78, 5) is 0. The van der Waals surface area contributed by atoms with Gasteiger partial charge in [0.1, 0.15) is 5.75 Å². The topological polar surface area (TPSA) is 55.4 Å². The van der Waals surface area contributed by atoms with Gasteiger partial charge in [0.25, 0.3) is 0 Å². The summed E-state index contributed by atoms with van der Waals surface area (Å²) in [6.07, 6.45) is 1.60. The Morgan fingerprint density at radius 3 is 2.75 bits per heavy atom. The molecule has 1 aliphatic heterocycles. The molecule has 2 rings (SSSR count). The first-order valence-electron chi connectivity index (χ1n) is 7.06. The fraction of sp³-hybridized carbons (Fsp3) is 0.600. The van der Waals surface area contributed by atoms with E-state index in [0.29, 0.717) is 12.2 Å². The first-order valence-corrected chi connectivity index (χ1v) is 8.88. The normalized spacial score (nSPS) is 22.6. The molecule has 4 nitrogen and oxygen atoms in total. The standard InChI is InChI=1S/C15H23NO3S/c1-4-14(16-12-7-8-20(17,18)10-12)13-9-11(2)5-6-15(13)19-3/h5-6,9,12,14,16H,4,7-8,10H2,1-3H3/t12-,14-/m1/s1. The van der Waals surface area contributed by atoms with Crippen molar-refractivity contribution in [3.8, 4) is 5.75 Å². The van der Waals surface area contributed by atoms with Crippen LogP contribution in [-0.4, -0.2) is 33.1 Å². The number of nitrogens with one attached hydrogen (secondary N) is 1. The van der Waals surface area contributed by atoms with Crippen molar-refractivity contribution in [2.75, 3.05) is 18.6 Å². The number of benzene rings is 1. The highest BCUT2D eigenvalue weighted by atomic mass is 32.2. The second-order valence-corrected chi connectivity index (χ2v) is 7.70. The predicted molar refractivity (Wildman–Crippen MR) is 81.0 cm³/mol. The van der Waals surface area contributed by atoms with Crippen LogP contribution < -0.4 is 10.1 Å². The molecule has 0 bridgehead atoms. The van der Waals surface area contributed by atoms with Gasteiger partial charge in [0, 0.05) is 17.6 Å². The predicted octanol–water partition coefficient (Wildman–Crippen LogP) is 2.23. The van der Waals surface area contributed by atoms with E-state index < -0.39 is 9.84 Å². The zero-order valence-electron chi connectivity index (χ0n) is 12.3. The van der Waals surface area contributed by atoms with Gasteiger partial charge in [-0.15, -0.1) is 0 Å². The van der Waals surface area contributed by atoms with Crippen LogP contribution in [0, 0.1) is 6.92 Å². The monoisotopic (exact) mass is 297 g/mol. The van der Waals surface area contributed by atoms with E-state index in [1.54, 1.807) is 7.11 Å². The molecule has 0 radical (unpaired) electrons. The Morgan fingerprint density at radius 2 is 2.20 bits per heavy atom. The Bertz CT molecular complexity index is 568. The van der Waals surface area contributed by atoms with Crippen LogP contribution in [0.5, 0.6) is 5.75 Å². The Morgan fingerprint density at radius 1 is 1.45 bits per heavy atom. The lowest BCUT2D eigenvalue weighted by Gasteiger charge is -2.23. The van der Waals surface area contributed by atoms with Crippen LogP contribution in [0.15, 0.2) is 18.2 Å². The fourth-order valence-corrected chi connectivity index (χ4v) is 4.45. The van der Waals surface area contributed by atoms with Gasteiger partial charge >= 0.3 is 0 Å². The molecule has 2 atom stereocenters. The molecule has 0 saturated carbocycles. The summed E-state index contributed by atoms with van der Waals surface area (Å²) < 4.78 is 28.5.